The summed E-state index contributed by atoms with van der Waals surface area (Å²) in [5.74, 6) is 0. The normalized spacial score (nSPS) is 16.9. The highest BCUT2D eigenvalue weighted by Gasteiger charge is 2.25. The first-order valence-corrected chi connectivity index (χ1v) is 6.64. The van der Waals surface area contributed by atoms with Crippen LogP contribution in [0.1, 0.15) is 18.4 Å². The molecule has 1 aliphatic rings. The molecule has 0 aliphatic heterocycles. The van der Waals surface area contributed by atoms with Crippen molar-refractivity contribution < 1.29 is 8.42 Å². The molecule has 90 valence electrons. The number of nitrogens with one attached hydrogen (secondary N) is 2. The quantitative estimate of drug-likeness (QED) is 0.759. The van der Waals surface area contributed by atoms with Gasteiger partial charge in [-0.2, -0.15) is 5.10 Å². The van der Waals surface area contributed by atoms with Gasteiger partial charge in [-0.05, 0) is 12.8 Å². The minimum atomic E-state index is -3.42. The van der Waals surface area contributed by atoms with Gasteiger partial charge in [0.05, 0.1) is 6.20 Å². The van der Waals surface area contributed by atoms with E-state index in [9.17, 15) is 8.42 Å². The van der Waals surface area contributed by atoms with Gasteiger partial charge in [0.25, 0.3) is 10.0 Å². The van der Waals surface area contributed by atoms with E-state index in [1.807, 2.05) is 0 Å². The molecular formula is C9H16N4O2S. The Morgan fingerprint density at radius 1 is 1.56 bits per heavy atom. The Hall–Kier alpha value is -0.920. The average molecular weight is 244 g/mol. The van der Waals surface area contributed by atoms with Crippen molar-refractivity contribution in [1.29, 1.82) is 0 Å². The Morgan fingerprint density at radius 3 is 2.81 bits per heavy atom. The first kappa shape index (κ1) is 11.6. The second-order valence-electron chi connectivity index (χ2n) is 4.17. The van der Waals surface area contributed by atoms with Crippen molar-refractivity contribution in [2.45, 2.75) is 30.5 Å². The molecule has 1 fully saturated rings. The lowest BCUT2D eigenvalue weighted by atomic mass is 10.3. The van der Waals surface area contributed by atoms with E-state index in [0.29, 0.717) is 18.2 Å². The molecule has 1 heterocycles. The van der Waals surface area contributed by atoms with Gasteiger partial charge >= 0.3 is 0 Å². The fourth-order valence-corrected chi connectivity index (χ4v) is 2.36. The van der Waals surface area contributed by atoms with E-state index in [-0.39, 0.29) is 5.03 Å². The molecule has 0 unspecified atom stereocenters. The summed E-state index contributed by atoms with van der Waals surface area (Å²) in [6, 6.07) is 0.546. The fourth-order valence-electron chi connectivity index (χ4n) is 1.37. The lowest BCUT2D eigenvalue weighted by Gasteiger charge is -2.11. The molecule has 0 spiro atoms. The summed E-state index contributed by atoms with van der Waals surface area (Å²) in [7, 11) is -0.400. The number of H-pyrrole nitrogens is 1. The number of rotatable bonds is 5. The van der Waals surface area contributed by atoms with Crippen molar-refractivity contribution in [1.82, 2.24) is 19.8 Å². The Labute approximate surface area is 95.1 Å². The average Bonchev–Trinajstić information content (AvgIpc) is 2.92. The van der Waals surface area contributed by atoms with Crippen LogP contribution in [0.15, 0.2) is 11.2 Å². The molecule has 0 bridgehead atoms. The zero-order valence-electron chi connectivity index (χ0n) is 9.40. The summed E-state index contributed by atoms with van der Waals surface area (Å²) in [6.07, 6.45) is 3.91. The Bertz CT molecular complexity index is 462. The summed E-state index contributed by atoms with van der Waals surface area (Å²) in [5, 5.41) is 9.80. The third kappa shape index (κ3) is 2.26. The molecule has 0 amide bonds. The predicted molar refractivity (Wildman–Crippen MR) is 59.3 cm³/mol. The summed E-state index contributed by atoms with van der Waals surface area (Å²) < 4.78 is 25.0. The van der Waals surface area contributed by atoms with E-state index in [1.165, 1.54) is 31.2 Å². The molecule has 0 radical (unpaired) electrons. The van der Waals surface area contributed by atoms with Crippen LogP contribution in [0.3, 0.4) is 0 Å². The number of hydrogen-bond acceptors (Lipinski definition) is 4. The highest BCUT2D eigenvalue weighted by molar-refractivity contribution is 7.89. The molecule has 7 heteroatoms. The van der Waals surface area contributed by atoms with E-state index in [0.717, 1.165) is 0 Å². The van der Waals surface area contributed by atoms with Gasteiger partial charge in [-0.1, -0.05) is 0 Å². The molecule has 0 aromatic carbocycles. The maximum absolute atomic E-state index is 11.9. The van der Waals surface area contributed by atoms with E-state index >= 15 is 0 Å². The summed E-state index contributed by atoms with van der Waals surface area (Å²) >= 11 is 0. The summed E-state index contributed by atoms with van der Waals surface area (Å²) in [5.41, 5.74) is 0.695. The van der Waals surface area contributed by atoms with E-state index in [1.54, 1.807) is 6.20 Å². The van der Waals surface area contributed by atoms with Crippen molar-refractivity contribution >= 4 is 10.0 Å². The fraction of sp³-hybridized carbons (Fsp3) is 0.667. The van der Waals surface area contributed by atoms with Crippen LogP contribution in [0, 0.1) is 0 Å². The van der Waals surface area contributed by atoms with Gasteiger partial charge in [-0.3, -0.25) is 5.10 Å². The first-order chi connectivity index (χ1) is 7.51. The van der Waals surface area contributed by atoms with Gasteiger partial charge in [0.1, 0.15) is 0 Å². The summed E-state index contributed by atoms with van der Waals surface area (Å²) in [4.78, 5) is 0. The maximum Gasteiger partial charge on any atom is 0.259 e. The second kappa shape index (κ2) is 4.15. The number of aromatic nitrogens is 2. The molecule has 0 saturated heterocycles. The molecule has 1 saturated carbocycles. The third-order valence-electron chi connectivity index (χ3n) is 2.58. The van der Waals surface area contributed by atoms with Crippen LogP contribution in [0.5, 0.6) is 0 Å². The molecule has 0 atom stereocenters. The van der Waals surface area contributed by atoms with Gasteiger partial charge < -0.3 is 5.32 Å². The molecule has 1 aromatic heterocycles. The second-order valence-corrected chi connectivity index (χ2v) is 6.26. The lowest BCUT2D eigenvalue weighted by Crippen LogP contribution is -2.25. The minimum Gasteiger partial charge on any atom is -0.310 e. The Kier molecular flexibility index (Phi) is 3.00. The van der Waals surface area contributed by atoms with E-state index in [2.05, 4.69) is 15.5 Å². The molecule has 16 heavy (non-hydrogen) atoms. The third-order valence-corrected chi connectivity index (χ3v) is 4.41. The number of sulfonamides is 1. The molecule has 2 rings (SSSR count). The van der Waals surface area contributed by atoms with Crippen molar-refractivity contribution in [3.05, 3.63) is 11.8 Å². The van der Waals surface area contributed by atoms with Crippen molar-refractivity contribution in [2.75, 3.05) is 14.1 Å². The van der Waals surface area contributed by atoms with Crippen LogP contribution in [0.2, 0.25) is 0 Å². The molecule has 2 N–H and O–H groups in total. The van der Waals surface area contributed by atoms with E-state index < -0.39 is 10.0 Å². The largest absolute Gasteiger partial charge is 0.310 e. The molecule has 6 nitrogen and oxygen atoms in total. The zero-order chi connectivity index (χ0) is 11.8. The van der Waals surface area contributed by atoms with Crippen molar-refractivity contribution in [3.63, 3.8) is 0 Å². The highest BCUT2D eigenvalue weighted by Crippen LogP contribution is 2.21. The van der Waals surface area contributed by atoms with Gasteiger partial charge in [-0.15, -0.1) is 0 Å². The SMILES string of the molecule is CN(C)S(=O)(=O)c1[nH]ncc1CNC1CC1. The topological polar surface area (TPSA) is 78.1 Å². The number of hydrogen-bond donors (Lipinski definition) is 2. The Morgan fingerprint density at radius 2 is 2.25 bits per heavy atom. The number of nitrogens with zero attached hydrogens (tertiary/aromatic N) is 2. The lowest BCUT2D eigenvalue weighted by molar-refractivity contribution is 0.514. The summed E-state index contributed by atoms with van der Waals surface area (Å²) in [6.45, 7) is 0.545. The van der Waals surface area contributed by atoms with Gasteiger partial charge in [0, 0.05) is 32.2 Å². The van der Waals surface area contributed by atoms with Gasteiger partial charge in [0.15, 0.2) is 5.03 Å². The maximum atomic E-state index is 11.9. The Balaban J connectivity index is 2.17. The minimum absolute atomic E-state index is 0.186. The first-order valence-electron chi connectivity index (χ1n) is 5.20. The van der Waals surface area contributed by atoms with Crippen molar-refractivity contribution in [3.8, 4) is 0 Å². The van der Waals surface area contributed by atoms with Crippen LogP contribution in [-0.2, 0) is 16.6 Å². The predicted octanol–water partition coefficient (Wildman–Crippen LogP) is -0.0880. The molecule has 1 aromatic rings. The van der Waals surface area contributed by atoms with Crippen molar-refractivity contribution in [2.24, 2.45) is 0 Å². The molecule has 1 aliphatic carbocycles. The van der Waals surface area contributed by atoms with Gasteiger partial charge in [-0.25, -0.2) is 12.7 Å². The molecular weight excluding hydrogens is 228 g/mol. The van der Waals surface area contributed by atoms with Crippen LogP contribution in [-0.4, -0.2) is 43.1 Å². The zero-order valence-corrected chi connectivity index (χ0v) is 10.2. The standard InChI is InChI=1S/C9H16N4O2S/c1-13(2)16(14,15)9-7(6-11-12-9)5-10-8-3-4-8/h6,8,10H,3-5H2,1-2H3,(H,11,12). The van der Waals surface area contributed by atoms with Gasteiger partial charge in [0.2, 0.25) is 0 Å². The van der Waals surface area contributed by atoms with Crippen LogP contribution in [0.4, 0.5) is 0 Å². The van der Waals surface area contributed by atoms with Crippen LogP contribution in [0.25, 0.3) is 0 Å². The van der Waals surface area contributed by atoms with Crippen LogP contribution >= 0.6 is 0 Å². The monoisotopic (exact) mass is 244 g/mol. The van der Waals surface area contributed by atoms with Crippen LogP contribution < -0.4 is 5.32 Å². The smallest absolute Gasteiger partial charge is 0.259 e. The highest BCUT2D eigenvalue weighted by atomic mass is 32.2. The number of aromatic amines is 1. The van der Waals surface area contributed by atoms with E-state index in [4.69, 9.17) is 0 Å².